The van der Waals surface area contributed by atoms with E-state index in [9.17, 15) is 4.79 Å². The molecule has 1 N–H and O–H groups in total. The van der Waals surface area contributed by atoms with Gasteiger partial charge in [0.15, 0.2) is 12.0 Å². The van der Waals surface area contributed by atoms with Gasteiger partial charge < -0.3 is 14.6 Å². The van der Waals surface area contributed by atoms with Gasteiger partial charge in [0.25, 0.3) is 0 Å². The van der Waals surface area contributed by atoms with Crippen LogP contribution in [0.3, 0.4) is 0 Å². The minimum absolute atomic E-state index is 0.101. The van der Waals surface area contributed by atoms with E-state index in [1.807, 2.05) is 13.0 Å². The molecule has 0 spiro atoms. The van der Waals surface area contributed by atoms with Crippen molar-refractivity contribution in [3.63, 3.8) is 0 Å². The van der Waals surface area contributed by atoms with Gasteiger partial charge in [0.05, 0.1) is 11.8 Å². The van der Waals surface area contributed by atoms with Gasteiger partial charge in [-0.1, -0.05) is 12.1 Å². The number of hydrogen-bond acceptors (Lipinski definition) is 3. The van der Waals surface area contributed by atoms with Crippen molar-refractivity contribution in [3.05, 3.63) is 23.8 Å². The molecule has 0 aliphatic carbocycles. The lowest BCUT2D eigenvalue weighted by atomic mass is 10.1. The first-order valence-electron chi connectivity index (χ1n) is 5.42. The maximum Gasteiger partial charge on any atom is 0.411 e. The number of rotatable bonds is 1. The first-order chi connectivity index (χ1) is 8.00. The number of carboxylic acid groups (broad SMARTS) is 1. The Morgan fingerprint density at radius 3 is 2.76 bits per heavy atom. The maximum atomic E-state index is 11.0. The topological polar surface area (TPSA) is 59.0 Å². The van der Waals surface area contributed by atoms with Crippen molar-refractivity contribution in [3.8, 4) is 5.75 Å². The van der Waals surface area contributed by atoms with Crippen LogP contribution >= 0.6 is 0 Å². The Bertz CT molecular complexity index is 446. The SMILES string of the molecule is CC1Oc2c(cccc2N(C)C(=O)O)C(C)O1. The fourth-order valence-electron chi connectivity index (χ4n) is 1.91. The number of anilines is 1. The zero-order valence-corrected chi connectivity index (χ0v) is 10.0. The van der Waals surface area contributed by atoms with Gasteiger partial charge in [0.2, 0.25) is 0 Å². The van der Waals surface area contributed by atoms with Crippen molar-refractivity contribution in [1.82, 2.24) is 0 Å². The number of fused-ring (bicyclic) bond motifs is 1. The lowest BCUT2D eigenvalue weighted by Crippen LogP contribution is -2.29. The molecule has 0 saturated carbocycles. The van der Waals surface area contributed by atoms with E-state index in [4.69, 9.17) is 14.6 Å². The third-order valence-corrected chi connectivity index (χ3v) is 2.79. The highest BCUT2D eigenvalue weighted by atomic mass is 16.7. The molecule has 1 aliphatic heterocycles. The van der Waals surface area contributed by atoms with E-state index in [1.54, 1.807) is 19.1 Å². The number of benzene rings is 1. The van der Waals surface area contributed by atoms with Crippen LogP contribution in [0.2, 0.25) is 0 Å². The molecule has 1 amide bonds. The van der Waals surface area contributed by atoms with Crippen LogP contribution in [-0.2, 0) is 4.74 Å². The average molecular weight is 237 g/mol. The zero-order chi connectivity index (χ0) is 12.6. The van der Waals surface area contributed by atoms with E-state index < -0.39 is 6.09 Å². The molecule has 92 valence electrons. The Hall–Kier alpha value is -1.75. The Labute approximate surface area is 99.6 Å². The predicted octanol–water partition coefficient (Wildman–Crippen LogP) is 2.62. The highest BCUT2D eigenvalue weighted by molar-refractivity contribution is 5.88. The molecule has 17 heavy (non-hydrogen) atoms. The normalized spacial score (nSPS) is 22.5. The third-order valence-electron chi connectivity index (χ3n) is 2.79. The second kappa shape index (κ2) is 4.25. The molecular formula is C12H15NO4. The minimum atomic E-state index is -1.02. The number of para-hydroxylation sites is 1. The van der Waals surface area contributed by atoms with E-state index >= 15 is 0 Å². The molecule has 0 radical (unpaired) electrons. The van der Waals surface area contributed by atoms with Crippen LogP contribution in [0.25, 0.3) is 0 Å². The lowest BCUT2D eigenvalue weighted by molar-refractivity contribution is -0.122. The minimum Gasteiger partial charge on any atom is -0.465 e. The van der Waals surface area contributed by atoms with Crippen LogP contribution in [0.4, 0.5) is 10.5 Å². The van der Waals surface area contributed by atoms with Gasteiger partial charge in [-0.05, 0) is 19.9 Å². The summed E-state index contributed by atoms with van der Waals surface area (Å²) in [6, 6.07) is 5.40. The van der Waals surface area contributed by atoms with Gasteiger partial charge >= 0.3 is 6.09 Å². The monoisotopic (exact) mass is 237 g/mol. The van der Waals surface area contributed by atoms with Crippen molar-refractivity contribution < 1.29 is 19.4 Å². The highest BCUT2D eigenvalue weighted by Crippen LogP contribution is 2.40. The van der Waals surface area contributed by atoms with Gasteiger partial charge in [0, 0.05) is 12.6 Å². The molecule has 0 bridgehead atoms. The summed E-state index contributed by atoms with van der Waals surface area (Å²) >= 11 is 0. The number of carbonyl (C=O) groups is 1. The Balaban J connectivity index is 2.49. The van der Waals surface area contributed by atoms with E-state index in [1.165, 1.54) is 7.05 Å². The van der Waals surface area contributed by atoms with Crippen LogP contribution < -0.4 is 9.64 Å². The van der Waals surface area contributed by atoms with Gasteiger partial charge in [-0.2, -0.15) is 0 Å². The summed E-state index contributed by atoms with van der Waals surface area (Å²) in [6.07, 6.45) is -1.49. The molecule has 5 heteroatoms. The largest absolute Gasteiger partial charge is 0.465 e. The van der Waals surface area contributed by atoms with Crippen molar-refractivity contribution in [1.29, 1.82) is 0 Å². The summed E-state index contributed by atoms with van der Waals surface area (Å²) in [5.74, 6) is 0.587. The van der Waals surface area contributed by atoms with Crippen LogP contribution in [-0.4, -0.2) is 24.5 Å². The molecule has 1 aliphatic rings. The molecule has 5 nitrogen and oxygen atoms in total. The van der Waals surface area contributed by atoms with Gasteiger partial charge in [-0.25, -0.2) is 4.79 Å². The van der Waals surface area contributed by atoms with E-state index in [0.29, 0.717) is 11.4 Å². The van der Waals surface area contributed by atoms with Crippen LogP contribution in [0.5, 0.6) is 5.75 Å². The van der Waals surface area contributed by atoms with Crippen molar-refractivity contribution in [2.24, 2.45) is 0 Å². The van der Waals surface area contributed by atoms with E-state index in [-0.39, 0.29) is 12.4 Å². The average Bonchev–Trinajstić information content (AvgIpc) is 2.27. The highest BCUT2D eigenvalue weighted by Gasteiger charge is 2.27. The summed E-state index contributed by atoms with van der Waals surface area (Å²) in [5, 5.41) is 9.01. The quantitative estimate of drug-likeness (QED) is 0.815. The number of ether oxygens (including phenoxy) is 2. The molecule has 0 aromatic heterocycles. The number of amides is 1. The molecule has 2 atom stereocenters. The molecule has 2 rings (SSSR count). The van der Waals surface area contributed by atoms with Gasteiger partial charge in [-0.3, -0.25) is 4.90 Å². The second-order valence-corrected chi connectivity index (χ2v) is 4.00. The fourth-order valence-corrected chi connectivity index (χ4v) is 1.91. The molecule has 1 aromatic carbocycles. The second-order valence-electron chi connectivity index (χ2n) is 4.00. The molecular weight excluding hydrogens is 222 g/mol. The van der Waals surface area contributed by atoms with Gasteiger partial charge in [0.1, 0.15) is 0 Å². The van der Waals surface area contributed by atoms with Crippen molar-refractivity contribution in [2.75, 3.05) is 11.9 Å². The molecule has 0 fully saturated rings. The standard InChI is InChI=1S/C12H15NO4/c1-7-9-5-4-6-10(13(3)12(14)15)11(9)17-8(2)16-7/h4-8H,1-3H3,(H,14,15). The van der Waals surface area contributed by atoms with E-state index in [0.717, 1.165) is 10.5 Å². The molecule has 2 unspecified atom stereocenters. The summed E-state index contributed by atoms with van der Waals surface area (Å²) < 4.78 is 11.1. The summed E-state index contributed by atoms with van der Waals surface area (Å²) in [7, 11) is 1.49. The summed E-state index contributed by atoms with van der Waals surface area (Å²) in [4.78, 5) is 12.1. The fraction of sp³-hybridized carbons (Fsp3) is 0.417. The lowest BCUT2D eigenvalue weighted by Gasteiger charge is -2.31. The Morgan fingerprint density at radius 2 is 2.12 bits per heavy atom. The molecule has 1 aromatic rings. The molecule has 0 saturated heterocycles. The smallest absolute Gasteiger partial charge is 0.411 e. The Kier molecular flexibility index (Phi) is 2.93. The van der Waals surface area contributed by atoms with Gasteiger partial charge in [-0.15, -0.1) is 0 Å². The first kappa shape index (κ1) is 11.7. The van der Waals surface area contributed by atoms with Crippen LogP contribution in [0.1, 0.15) is 25.5 Å². The van der Waals surface area contributed by atoms with Crippen molar-refractivity contribution in [2.45, 2.75) is 26.2 Å². The number of hydrogen-bond donors (Lipinski definition) is 1. The summed E-state index contributed by atoms with van der Waals surface area (Å²) in [5.41, 5.74) is 1.41. The summed E-state index contributed by atoms with van der Waals surface area (Å²) in [6.45, 7) is 3.71. The van der Waals surface area contributed by atoms with Crippen LogP contribution in [0.15, 0.2) is 18.2 Å². The van der Waals surface area contributed by atoms with E-state index in [2.05, 4.69) is 0 Å². The molecule has 1 heterocycles. The Morgan fingerprint density at radius 1 is 1.41 bits per heavy atom. The zero-order valence-electron chi connectivity index (χ0n) is 10.0. The van der Waals surface area contributed by atoms with Crippen molar-refractivity contribution >= 4 is 11.8 Å². The predicted molar refractivity (Wildman–Crippen MR) is 62.5 cm³/mol. The third kappa shape index (κ3) is 2.06. The first-order valence-corrected chi connectivity index (χ1v) is 5.42. The number of nitrogens with zero attached hydrogens (tertiary/aromatic N) is 1. The maximum absolute atomic E-state index is 11.0. The van der Waals surface area contributed by atoms with Crippen LogP contribution in [0, 0.1) is 0 Å².